The molecule has 0 radical (unpaired) electrons. The van der Waals surface area contributed by atoms with Crippen molar-refractivity contribution in [1.82, 2.24) is 14.7 Å². The van der Waals surface area contributed by atoms with Gasteiger partial charge in [0.1, 0.15) is 0 Å². The van der Waals surface area contributed by atoms with E-state index in [1.165, 1.54) is 5.56 Å². The lowest BCUT2D eigenvalue weighted by molar-refractivity contribution is 0.221. The van der Waals surface area contributed by atoms with E-state index in [9.17, 15) is 0 Å². The standard InChI is InChI=1S/C13H24N4/c1-4-17-9-11(7-15-17)13-12(14)5-6-16(13)8-10(2)3/h7,9-10,12-13H,4-6,8,14H2,1-3H3. The maximum atomic E-state index is 6.25. The molecule has 1 aliphatic rings. The molecule has 2 atom stereocenters. The summed E-state index contributed by atoms with van der Waals surface area (Å²) >= 11 is 0. The second kappa shape index (κ2) is 5.19. The molecule has 0 aromatic carbocycles. The molecular formula is C13H24N4. The summed E-state index contributed by atoms with van der Waals surface area (Å²) in [6.07, 6.45) is 5.21. The van der Waals surface area contributed by atoms with Crippen LogP contribution in [0, 0.1) is 5.92 Å². The molecule has 0 spiro atoms. The van der Waals surface area contributed by atoms with E-state index in [4.69, 9.17) is 5.73 Å². The molecular weight excluding hydrogens is 212 g/mol. The fourth-order valence-corrected chi connectivity index (χ4v) is 2.72. The van der Waals surface area contributed by atoms with Crippen molar-refractivity contribution in [3.8, 4) is 0 Å². The zero-order chi connectivity index (χ0) is 12.4. The van der Waals surface area contributed by atoms with Gasteiger partial charge in [-0.15, -0.1) is 0 Å². The highest BCUT2D eigenvalue weighted by atomic mass is 15.3. The third kappa shape index (κ3) is 2.69. The summed E-state index contributed by atoms with van der Waals surface area (Å²) in [6, 6.07) is 0.612. The van der Waals surface area contributed by atoms with E-state index in [1.807, 2.05) is 10.9 Å². The number of aryl methyl sites for hydroxylation is 1. The predicted octanol–water partition coefficient (Wildman–Crippen LogP) is 1.63. The van der Waals surface area contributed by atoms with Gasteiger partial charge in [0.15, 0.2) is 0 Å². The van der Waals surface area contributed by atoms with Crippen LogP contribution in [0.4, 0.5) is 0 Å². The Morgan fingerprint density at radius 1 is 1.53 bits per heavy atom. The van der Waals surface area contributed by atoms with Crippen molar-refractivity contribution < 1.29 is 0 Å². The van der Waals surface area contributed by atoms with Gasteiger partial charge < -0.3 is 5.73 Å². The van der Waals surface area contributed by atoms with Crippen LogP contribution in [-0.2, 0) is 6.54 Å². The number of likely N-dealkylation sites (tertiary alicyclic amines) is 1. The number of nitrogens with two attached hydrogens (primary N) is 1. The van der Waals surface area contributed by atoms with Crippen molar-refractivity contribution >= 4 is 0 Å². The zero-order valence-electron chi connectivity index (χ0n) is 11.1. The summed E-state index contributed by atoms with van der Waals surface area (Å²) in [6.45, 7) is 9.78. The molecule has 2 heterocycles. The first-order valence-electron chi connectivity index (χ1n) is 6.63. The Morgan fingerprint density at radius 3 is 2.88 bits per heavy atom. The Kier molecular flexibility index (Phi) is 3.84. The largest absolute Gasteiger partial charge is 0.326 e. The number of aromatic nitrogens is 2. The summed E-state index contributed by atoms with van der Waals surface area (Å²) in [5.74, 6) is 0.684. The van der Waals surface area contributed by atoms with Crippen LogP contribution in [0.15, 0.2) is 12.4 Å². The normalized spacial score (nSPS) is 25.9. The SMILES string of the molecule is CCn1cc(C2C(N)CCN2CC(C)C)cn1. The second-order valence-corrected chi connectivity index (χ2v) is 5.42. The Hall–Kier alpha value is -0.870. The number of hydrogen-bond acceptors (Lipinski definition) is 3. The smallest absolute Gasteiger partial charge is 0.0538 e. The van der Waals surface area contributed by atoms with Crippen LogP contribution in [-0.4, -0.2) is 33.8 Å². The summed E-state index contributed by atoms with van der Waals surface area (Å²) in [4.78, 5) is 2.51. The molecule has 2 N–H and O–H groups in total. The predicted molar refractivity (Wildman–Crippen MR) is 69.6 cm³/mol. The lowest BCUT2D eigenvalue weighted by Gasteiger charge is -2.27. The summed E-state index contributed by atoms with van der Waals surface area (Å²) in [7, 11) is 0. The maximum Gasteiger partial charge on any atom is 0.0538 e. The van der Waals surface area contributed by atoms with Crippen molar-refractivity contribution in [1.29, 1.82) is 0 Å². The van der Waals surface area contributed by atoms with E-state index in [-0.39, 0.29) is 6.04 Å². The first-order valence-corrected chi connectivity index (χ1v) is 6.63. The van der Waals surface area contributed by atoms with Crippen LogP contribution in [0.3, 0.4) is 0 Å². The third-order valence-corrected chi connectivity index (χ3v) is 3.47. The van der Waals surface area contributed by atoms with Crippen LogP contribution >= 0.6 is 0 Å². The van der Waals surface area contributed by atoms with E-state index in [0.717, 1.165) is 26.1 Å². The topological polar surface area (TPSA) is 47.1 Å². The third-order valence-electron chi connectivity index (χ3n) is 3.47. The van der Waals surface area contributed by atoms with Crippen molar-refractivity contribution in [2.45, 2.75) is 45.8 Å². The van der Waals surface area contributed by atoms with Gasteiger partial charge in [0.25, 0.3) is 0 Å². The molecule has 1 saturated heterocycles. The highest BCUT2D eigenvalue weighted by Crippen LogP contribution is 2.31. The minimum Gasteiger partial charge on any atom is -0.326 e. The first kappa shape index (κ1) is 12.6. The number of rotatable bonds is 4. The lowest BCUT2D eigenvalue weighted by Crippen LogP contribution is -2.33. The summed E-state index contributed by atoms with van der Waals surface area (Å²) in [5.41, 5.74) is 7.52. The molecule has 17 heavy (non-hydrogen) atoms. The highest BCUT2D eigenvalue weighted by molar-refractivity contribution is 5.15. The quantitative estimate of drug-likeness (QED) is 0.864. The second-order valence-electron chi connectivity index (χ2n) is 5.42. The first-order chi connectivity index (χ1) is 8.11. The van der Waals surface area contributed by atoms with Crippen LogP contribution in [0.5, 0.6) is 0 Å². The van der Waals surface area contributed by atoms with Crippen LogP contribution < -0.4 is 5.73 Å². The minimum absolute atomic E-state index is 0.253. The summed E-state index contributed by atoms with van der Waals surface area (Å²) < 4.78 is 1.98. The van der Waals surface area contributed by atoms with Gasteiger partial charge in [-0.25, -0.2) is 0 Å². The van der Waals surface area contributed by atoms with Crippen molar-refractivity contribution in [3.05, 3.63) is 18.0 Å². The van der Waals surface area contributed by atoms with Crippen molar-refractivity contribution in [3.63, 3.8) is 0 Å². The van der Waals surface area contributed by atoms with Crippen LogP contribution in [0.2, 0.25) is 0 Å². The van der Waals surface area contributed by atoms with Gasteiger partial charge in [-0.2, -0.15) is 5.10 Å². The van der Waals surface area contributed by atoms with E-state index in [1.54, 1.807) is 0 Å². The van der Waals surface area contributed by atoms with E-state index in [2.05, 4.69) is 37.0 Å². The highest BCUT2D eigenvalue weighted by Gasteiger charge is 2.33. The molecule has 1 aromatic heterocycles. The van der Waals surface area contributed by atoms with Crippen molar-refractivity contribution in [2.24, 2.45) is 11.7 Å². The molecule has 4 nitrogen and oxygen atoms in total. The Labute approximate surface area is 104 Å². The Morgan fingerprint density at radius 2 is 2.29 bits per heavy atom. The Balaban J connectivity index is 2.15. The van der Waals surface area contributed by atoms with Gasteiger partial charge in [-0.3, -0.25) is 9.58 Å². The van der Waals surface area contributed by atoms with Gasteiger partial charge in [0, 0.05) is 37.4 Å². The van der Waals surface area contributed by atoms with E-state index >= 15 is 0 Å². The molecule has 0 saturated carbocycles. The minimum atomic E-state index is 0.253. The average molecular weight is 236 g/mol. The van der Waals surface area contributed by atoms with Gasteiger partial charge in [0.2, 0.25) is 0 Å². The molecule has 0 amide bonds. The van der Waals surface area contributed by atoms with Crippen LogP contribution in [0.25, 0.3) is 0 Å². The number of hydrogen-bond donors (Lipinski definition) is 1. The van der Waals surface area contributed by atoms with Crippen LogP contribution in [0.1, 0.15) is 38.8 Å². The molecule has 96 valence electrons. The molecule has 1 aromatic rings. The zero-order valence-corrected chi connectivity index (χ0v) is 11.1. The van der Waals surface area contributed by atoms with E-state index in [0.29, 0.717) is 12.0 Å². The van der Waals surface area contributed by atoms with Gasteiger partial charge in [-0.05, 0) is 19.3 Å². The lowest BCUT2D eigenvalue weighted by atomic mass is 10.0. The number of nitrogens with zero attached hydrogens (tertiary/aromatic N) is 3. The average Bonchev–Trinajstić information content (AvgIpc) is 2.85. The molecule has 0 bridgehead atoms. The van der Waals surface area contributed by atoms with Gasteiger partial charge in [0.05, 0.1) is 12.2 Å². The van der Waals surface area contributed by atoms with Crippen molar-refractivity contribution in [2.75, 3.05) is 13.1 Å². The molecule has 0 aliphatic carbocycles. The molecule has 1 aliphatic heterocycles. The van der Waals surface area contributed by atoms with Gasteiger partial charge in [-0.1, -0.05) is 13.8 Å². The van der Waals surface area contributed by atoms with Gasteiger partial charge >= 0.3 is 0 Å². The Bertz CT molecular complexity index is 358. The summed E-state index contributed by atoms with van der Waals surface area (Å²) in [5, 5.41) is 4.36. The molecule has 2 unspecified atom stereocenters. The molecule has 4 heteroatoms. The monoisotopic (exact) mass is 236 g/mol. The van der Waals surface area contributed by atoms with E-state index < -0.39 is 0 Å². The maximum absolute atomic E-state index is 6.25. The molecule has 1 fully saturated rings. The fraction of sp³-hybridized carbons (Fsp3) is 0.769. The fourth-order valence-electron chi connectivity index (χ4n) is 2.72. The molecule has 2 rings (SSSR count).